The first-order valence-electron chi connectivity index (χ1n) is 3.33. The van der Waals surface area contributed by atoms with Gasteiger partial charge in [0.25, 0.3) is 0 Å². The SMILES string of the molecule is Cc1cc(N)cc(C(=O)OF)c1. The van der Waals surface area contributed by atoms with Crippen LogP contribution < -0.4 is 5.73 Å². The number of hydrogen-bond acceptors (Lipinski definition) is 3. The minimum atomic E-state index is -1.02. The molecule has 4 heteroatoms. The first-order valence-corrected chi connectivity index (χ1v) is 3.33. The second-order valence-corrected chi connectivity index (χ2v) is 2.50. The zero-order chi connectivity index (χ0) is 9.14. The van der Waals surface area contributed by atoms with E-state index in [1.807, 2.05) is 0 Å². The van der Waals surface area contributed by atoms with Gasteiger partial charge >= 0.3 is 5.97 Å². The molecule has 0 spiro atoms. The summed E-state index contributed by atoms with van der Waals surface area (Å²) in [5.74, 6) is -1.02. The molecule has 0 aromatic heterocycles. The third-order valence-corrected chi connectivity index (χ3v) is 1.41. The fraction of sp³-hybridized carbons (Fsp3) is 0.125. The molecule has 0 saturated carbocycles. The number of benzene rings is 1. The summed E-state index contributed by atoms with van der Waals surface area (Å²) in [6.07, 6.45) is 0. The highest BCUT2D eigenvalue weighted by Crippen LogP contribution is 2.12. The Labute approximate surface area is 68.8 Å². The van der Waals surface area contributed by atoms with Crippen LogP contribution in [0, 0.1) is 6.92 Å². The Bertz CT molecular complexity index is 292. The van der Waals surface area contributed by atoms with Crippen molar-refractivity contribution in [3.8, 4) is 0 Å². The summed E-state index contributed by atoms with van der Waals surface area (Å²) in [5.41, 5.74) is 6.74. The second-order valence-electron chi connectivity index (χ2n) is 2.50. The van der Waals surface area contributed by atoms with Crippen molar-refractivity contribution in [2.75, 3.05) is 5.73 Å². The molecule has 0 aliphatic heterocycles. The van der Waals surface area contributed by atoms with Crippen LogP contribution in [0.25, 0.3) is 0 Å². The zero-order valence-electron chi connectivity index (χ0n) is 6.50. The average molecular weight is 169 g/mol. The molecule has 0 fully saturated rings. The topological polar surface area (TPSA) is 52.3 Å². The van der Waals surface area contributed by atoms with Gasteiger partial charge in [0.05, 0.1) is 5.56 Å². The van der Waals surface area contributed by atoms with E-state index < -0.39 is 5.97 Å². The van der Waals surface area contributed by atoms with Crippen molar-refractivity contribution >= 4 is 11.7 Å². The minimum Gasteiger partial charge on any atom is -0.399 e. The molecule has 0 saturated heterocycles. The Balaban J connectivity index is 3.08. The van der Waals surface area contributed by atoms with Gasteiger partial charge in [0, 0.05) is 10.2 Å². The summed E-state index contributed by atoms with van der Waals surface area (Å²) < 4.78 is 11.4. The molecule has 0 bridgehead atoms. The third-order valence-electron chi connectivity index (χ3n) is 1.41. The van der Waals surface area contributed by atoms with Crippen LogP contribution in [0.2, 0.25) is 0 Å². The molecule has 1 aromatic carbocycles. The van der Waals surface area contributed by atoms with Crippen LogP contribution in [-0.4, -0.2) is 5.97 Å². The second kappa shape index (κ2) is 3.21. The lowest BCUT2D eigenvalue weighted by Crippen LogP contribution is -2.00. The molecule has 3 nitrogen and oxygen atoms in total. The van der Waals surface area contributed by atoms with Crippen LogP contribution in [0.5, 0.6) is 0 Å². The summed E-state index contributed by atoms with van der Waals surface area (Å²) >= 11 is 0. The largest absolute Gasteiger partial charge is 0.399 e. The van der Waals surface area contributed by atoms with E-state index in [0.29, 0.717) is 5.69 Å². The highest BCUT2D eigenvalue weighted by atomic mass is 19.3. The molecule has 0 atom stereocenters. The maximum absolute atomic E-state index is 11.4. The van der Waals surface area contributed by atoms with Crippen molar-refractivity contribution in [3.63, 3.8) is 0 Å². The number of hydrogen-bond donors (Lipinski definition) is 1. The molecule has 1 rings (SSSR count). The molecule has 0 radical (unpaired) electrons. The molecule has 2 N–H and O–H groups in total. The summed E-state index contributed by atoms with van der Waals surface area (Å²) in [4.78, 5) is 13.7. The number of carbonyl (C=O) groups excluding carboxylic acids is 1. The molecule has 12 heavy (non-hydrogen) atoms. The maximum atomic E-state index is 11.4. The number of halogens is 1. The van der Waals surface area contributed by atoms with Crippen LogP contribution in [0.3, 0.4) is 0 Å². The predicted molar refractivity (Wildman–Crippen MR) is 42.1 cm³/mol. The lowest BCUT2D eigenvalue weighted by atomic mass is 10.1. The summed E-state index contributed by atoms with van der Waals surface area (Å²) in [5, 5.41) is 0. The smallest absolute Gasteiger partial charge is 0.379 e. The van der Waals surface area contributed by atoms with Crippen molar-refractivity contribution in [2.45, 2.75) is 6.92 Å². The monoisotopic (exact) mass is 169 g/mol. The highest BCUT2D eigenvalue weighted by molar-refractivity contribution is 5.90. The van der Waals surface area contributed by atoms with Gasteiger partial charge in [-0.2, -0.15) is 0 Å². The van der Waals surface area contributed by atoms with Crippen molar-refractivity contribution in [1.82, 2.24) is 0 Å². The normalized spacial score (nSPS) is 9.50. The van der Waals surface area contributed by atoms with E-state index in [0.717, 1.165) is 5.56 Å². The summed E-state index contributed by atoms with van der Waals surface area (Å²) in [7, 11) is 0. The Morgan fingerprint density at radius 2 is 2.17 bits per heavy atom. The van der Waals surface area contributed by atoms with Crippen molar-refractivity contribution < 1.29 is 14.3 Å². The van der Waals surface area contributed by atoms with Crippen LogP contribution in [-0.2, 0) is 4.94 Å². The van der Waals surface area contributed by atoms with Gasteiger partial charge in [-0.1, -0.05) is 0 Å². The lowest BCUT2D eigenvalue weighted by molar-refractivity contribution is -0.0788. The molecule has 0 amide bonds. The van der Waals surface area contributed by atoms with Gasteiger partial charge in [0.15, 0.2) is 0 Å². The fourth-order valence-electron chi connectivity index (χ4n) is 0.975. The Morgan fingerprint density at radius 1 is 1.50 bits per heavy atom. The van der Waals surface area contributed by atoms with Gasteiger partial charge in [0.1, 0.15) is 0 Å². The van der Waals surface area contributed by atoms with E-state index in [9.17, 15) is 9.32 Å². The minimum absolute atomic E-state index is 0.120. The maximum Gasteiger partial charge on any atom is 0.379 e. The van der Waals surface area contributed by atoms with Gasteiger partial charge < -0.3 is 5.73 Å². The van der Waals surface area contributed by atoms with Crippen molar-refractivity contribution in [2.24, 2.45) is 0 Å². The lowest BCUT2D eigenvalue weighted by Gasteiger charge is -1.99. The molecular formula is C8H8FNO2. The van der Waals surface area contributed by atoms with Crippen molar-refractivity contribution in [1.29, 1.82) is 0 Å². The number of aryl methyl sites for hydroxylation is 1. The highest BCUT2D eigenvalue weighted by Gasteiger charge is 2.08. The Kier molecular flexibility index (Phi) is 2.28. The Hall–Kier alpha value is -1.58. The first kappa shape index (κ1) is 8.52. The third kappa shape index (κ3) is 1.72. The number of nitrogens with two attached hydrogens (primary N) is 1. The predicted octanol–water partition coefficient (Wildman–Crippen LogP) is 1.62. The van der Waals surface area contributed by atoms with Crippen LogP contribution in [0.15, 0.2) is 18.2 Å². The van der Waals surface area contributed by atoms with E-state index in [2.05, 4.69) is 4.94 Å². The quantitative estimate of drug-likeness (QED) is 0.650. The van der Waals surface area contributed by atoms with E-state index >= 15 is 0 Å². The van der Waals surface area contributed by atoms with Gasteiger partial charge in [0.2, 0.25) is 0 Å². The van der Waals surface area contributed by atoms with Gasteiger partial charge in [-0.15, -0.1) is 0 Å². The molecule has 0 aliphatic rings. The molecular weight excluding hydrogens is 161 g/mol. The fourth-order valence-corrected chi connectivity index (χ4v) is 0.975. The van der Waals surface area contributed by atoms with E-state index in [1.165, 1.54) is 12.1 Å². The zero-order valence-corrected chi connectivity index (χ0v) is 6.50. The van der Waals surface area contributed by atoms with Gasteiger partial charge in [-0.25, -0.2) is 9.74 Å². The molecule has 64 valence electrons. The van der Waals surface area contributed by atoms with Crippen molar-refractivity contribution in [3.05, 3.63) is 29.3 Å². The van der Waals surface area contributed by atoms with Gasteiger partial charge in [-0.3, -0.25) is 0 Å². The summed E-state index contributed by atoms with van der Waals surface area (Å²) in [6, 6.07) is 4.53. The van der Waals surface area contributed by atoms with E-state index in [-0.39, 0.29) is 5.56 Å². The standard InChI is InChI=1S/C8H8FNO2/c1-5-2-6(8(11)12-9)4-7(10)3-5/h2-4H,10H2,1H3. The van der Waals surface area contributed by atoms with Crippen LogP contribution >= 0.6 is 0 Å². The van der Waals surface area contributed by atoms with Gasteiger partial charge in [-0.05, 0) is 30.7 Å². The number of rotatable bonds is 1. The van der Waals surface area contributed by atoms with E-state index in [4.69, 9.17) is 5.73 Å². The molecule has 1 aromatic rings. The summed E-state index contributed by atoms with van der Waals surface area (Å²) in [6.45, 7) is 1.76. The molecule has 0 heterocycles. The average Bonchev–Trinajstić information content (AvgIpc) is 2.01. The number of nitrogen functional groups attached to an aromatic ring is 1. The molecule has 0 unspecified atom stereocenters. The van der Waals surface area contributed by atoms with Crippen LogP contribution in [0.1, 0.15) is 15.9 Å². The molecule has 0 aliphatic carbocycles. The number of anilines is 1. The van der Waals surface area contributed by atoms with Crippen LogP contribution in [0.4, 0.5) is 10.2 Å². The first-order chi connectivity index (χ1) is 5.63. The van der Waals surface area contributed by atoms with E-state index in [1.54, 1.807) is 13.0 Å². The Morgan fingerprint density at radius 3 is 2.67 bits per heavy atom. The number of carbonyl (C=O) groups is 1.